The van der Waals surface area contributed by atoms with Crippen LogP contribution in [0.5, 0.6) is 0 Å². The van der Waals surface area contributed by atoms with Gasteiger partial charge in [-0.1, -0.05) is 29.8 Å². The van der Waals surface area contributed by atoms with E-state index in [4.69, 9.17) is 0 Å². The van der Waals surface area contributed by atoms with E-state index in [0.717, 1.165) is 12.8 Å². The van der Waals surface area contributed by atoms with Crippen LogP contribution in [0.4, 0.5) is 0 Å². The Labute approximate surface area is 94.8 Å². The molecular formula is C9H18BrNO2S. The van der Waals surface area contributed by atoms with Gasteiger partial charge in [0.05, 0.1) is 5.75 Å². The Morgan fingerprint density at radius 2 is 2.00 bits per heavy atom. The van der Waals surface area contributed by atoms with Gasteiger partial charge in [-0.25, -0.2) is 13.1 Å². The zero-order valence-electron chi connectivity index (χ0n) is 8.66. The average molecular weight is 284 g/mol. The maximum absolute atomic E-state index is 11.5. The highest BCUT2D eigenvalue weighted by atomic mass is 79.9. The summed E-state index contributed by atoms with van der Waals surface area (Å²) in [5, 5.41) is 0. The van der Waals surface area contributed by atoms with Crippen LogP contribution in [-0.4, -0.2) is 25.5 Å². The molecule has 1 aliphatic rings. The number of hydrogen-bond acceptors (Lipinski definition) is 2. The van der Waals surface area contributed by atoms with Crippen LogP contribution in [0.1, 0.15) is 26.7 Å². The van der Waals surface area contributed by atoms with Crippen molar-refractivity contribution < 1.29 is 8.42 Å². The van der Waals surface area contributed by atoms with Crippen molar-refractivity contribution in [3.05, 3.63) is 0 Å². The molecule has 1 saturated carbocycles. The summed E-state index contributed by atoms with van der Waals surface area (Å²) < 4.78 is 25.6. The molecule has 1 atom stereocenters. The SMILES string of the molecule is CC(C)C(Br)CNS(=O)(=O)CC1CC1. The Morgan fingerprint density at radius 3 is 2.43 bits per heavy atom. The molecule has 0 aromatic heterocycles. The number of hydrogen-bond donors (Lipinski definition) is 1. The highest BCUT2D eigenvalue weighted by Crippen LogP contribution is 2.29. The van der Waals surface area contributed by atoms with Gasteiger partial charge in [-0.2, -0.15) is 0 Å². The third-order valence-electron chi connectivity index (χ3n) is 2.37. The van der Waals surface area contributed by atoms with Crippen molar-refractivity contribution in [2.45, 2.75) is 31.5 Å². The van der Waals surface area contributed by atoms with Gasteiger partial charge in [-0.05, 0) is 24.7 Å². The van der Waals surface area contributed by atoms with E-state index < -0.39 is 10.0 Å². The molecule has 14 heavy (non-hydrogen) atoms. The van der Waals surface area contributed by atoms with Crippen molar-refractivity contribution in [1.29, 1.82) is 0 Å². The molecule has 84 valence electrons. The zero-order chi connectivity index (χ0) is 10.8. The van der Waals surface area contributed by atoms with E-state index in [9.17, 15) is 8.42 Å². The first-order valence-corrected chi connectivity index (χ1v) is 7.59. The summed E-state index contributed by atoms with van der Waals surface area (Å²) >= 11 is 3.45. The molecule has 0 radical (unpaired) electrons. The molecular weight excluding hydrogens is 266 g/mol. The Bertz CT molecular complexity index is 273. The van der Waals surface area contributed by atoms with Gasteiger partial charge in [-0.15, -0.1) is 0 Å². The maximum Gasteiger partial charge on any atom is 0.211 e. The van der Waals surface area contributed by atoms with Crippen LogP contribution >= 0.6 is 15.9 Å². The standard InChI is InChI=1S/C9H18BrNO2S/c1-7(2)9(10)5-11-14(12,13)6-8-3-4-8/h7-9,11H,3-6H2,1-2H3. The summed E-state index contributed by atoms with van der Waals surface area (Å²) in [6.07, 6.45) is 2.14. The van der Waals surface area contributed by atoms with E-state index in [1.807, 2.05) is 0 Å². The number of nitrogens with one attached hydrogen (secondary N) is 1. The number of rotatable bonds is 6. The van der Waals surface area contributed by atoms with Gasteiger partial charge in [0, 0.05) is 11.4 Å². The van der Waals surface area contributed by atoms with Crippen molar-refractivity contribution in [2.75, 3.05) is 12.3 Å². The normalized spacial score (nSPS) is 20.0. The van der Waals surface area contributed by atoms with Crippen molar-refractivity contribution in [2.24, 2.45) is 11.8 Å². The lowest BCUT2D eigenvalue weighted by molar-refractivity contribution is 0.560. The quantitative estimate of drug-likeness (QED) is 0.755. The largest absolute Gasteiger partial charge is 0.214 e. The summed E-state index contributed by atoms with van der Waals surface area (Å²) in [5.74, 6) is 1.17. The number of sulfonamides is 1. The van der Waals surface area contributed by atoms with Gasteiger partial charge in [0.1, 0.15) is 0 Å². The summed E-state index contributed by atoms with van der Waals surface area (Å²) in [6, 6.07) is 0. The van der Waals surface area contributed by atoms with Crippen LogP contribution in [0.15, 0.2) is 0 Å². The fourth-order valence-corrected chi connectivity index (χ4v) is 2.98. The molecule has 0 spiro atoms. The molecule has 0 aromatic carbocycles. The van der Waals surface area contributed by atoms with E-state index in [0.29, 0.717) is 24.1 Å². The molecule has 5 heteroatoms. The number of alkyl halides is 1. The molecule has 0 aromatic rings. The van der Waals surface area contributed by atoms with E-state index >= 15 is 0 Å². The lowest BCUT2D eigenvalue weighted by Crippen LogP contribution is -2.33. The second kappa shape index (κ2) is 4.94. The van der Waals surface area contributed by atoms with Gasteiger partial charge >= 0.3 is 0 Å². The summed E-state index contributed by atoms with van der Waals surface area (Å²) in [7, 11) is -3.03. The van der Waals surface area contributed by atoms with Gasteiger partial charge in [0.15, 0.2) is 0 Å². The van der Waals surface area contributed by atoms with E-state index in [1.165, 1.54) is 0 Å². The van der Waals surface area contributed by atoms with Crippen LogP contribution < -0.4 is 4.72 Å². The van der Waals surface area contributed by atoms with Gasteiger partial charge in [0.25, 0.3) is 0 Å². The minimum atomic E-state index is -3.03. The van der Waals surface area contributed by atoms with Crippen LogP contribution in [0.2, 0.25) is 0 Å². The molecule has 0 heterocycles. The molecule has 0 amide bonds. The molecule has 1 rings (SSSR count). The second-order valence-corrected chi connectivity index (χ2v) is 7.36. The second-order valence-electron chi connectivity index (χ2n) is 4.33. The minimum absolute atomic E-state index is 0.219. The average Bonchev–Trinajstić information content (AvgIpc) is 2.83. The first kappa shape index (κ1) is 12.5. The highest BCUT2D eigenvalue weighted by molar-refractivity contribution is 9.09. The van der Waals surface area contributed by atoms with Crippen molar-refractivity contribution in [3.8, 4) is 0 Å². The maximum atomic E-state index is 11.5. The van der Waals surface area contributed by atoms with E-state index in [2.05, 4.69) is 34.5 Å². The Hall–Kier alpha value is 0.390. The van der Waals surface area contributed by atoms with Crippen molar-refractivity contribution in [1.82, 2.24) is 4.72 Å². The fraction of sp³-hybridized carbons (Fsp3) is 1.00. The molecule has 0 bridgehead atoms. The van der Waals surface area contributed by atoms with Gasteiger partial charge in [-0.3, -0.25) is 0 Å². The molecule has 3 nitrogen and oxygen atoms in total. The summed E-state index contributed by atoms with van der Waals surface area (Å²) in [6.45, 7) is 4.62. The summed E-state index contributed by atoms with van der Waals surface area (Å²) in [5.41, 5.74) is 0. The minimum Gasteiger partial charge on any atom is -0.214 e. The first-order valence-electron chi connectivity index (χ1n) is 5.02. The molecule has 1 aliphatic carbocycles. The number of halogens is 1. The lowest BCUT2D eigenvalue weighted by Gasteiger charge is -2.14. The van der Waals surface area contributed by atoms with Gasteiger partial charge in [0.2, 0.25) is 10.0 Å². The highest BCUT2D eigenvalue weighted by Gasteiger charge is 2.28. The third kappa shape index (κ3) is 4.75. The lowest BCUT2D eigenvalue weighted by atomic mass is 10.1. The fourth-order valence-electron chi connectivity index (χ4n) is 1.10. The predicted octanol–water partition coefficient (Wildman–Crippen LogP) is 1.74. The topological polar surface area (TPSA) is 46.2 Å². The van der Waals surface area contributed by atoms with Crippen molar-refractivity contribution in [3.63, 3.8) is 0 Å². The third-order valence-corrected chi connectivity index (χ3v) is 5.27. The van der Waals surface area contributed by atoms with Crippen LogP contribution in [0.25, 0.3) is 0 Å². The molecule has 1 unspecified atom stereocenters. The van der Waals surface area contributed by atoms with E-state index in [-0.39, 0.29) is 4.83 Å². The summed E-state index contributed by atoms with van der Waals surface area (Å²) in [4.78, 5) is 0.219. The van der Waals surface area contributed by atoms with Gasteiger partial charge < -0.3 is 0 Å². The Kier molecular flexibility index (Phi) is 4.40. The van der Waals surface area contributed by atoms with E-state index in [1.54, 1.807) is 0 Å². The van der Waals surface area contributed by atoms with Crippen LogP contribution in [-0.2, 0) is 10.0 Å². The molecule has 1 N–H and O–H groups in total. The van der Waals surface area contributed by atoms with Crippen molar-refractivity contribution >= 4 is 26.0 Å². The molecule has 0 saturated heterocycles. The predicted molar refractivity (Wildman–Crippen MR) is 62.1 cm³/mol. The smallest absolute Gasteiger partial charge is 0.211 e. The van der Waals surface area contributed by atoms with Crippen LogP contribution in [0, 0.1) is 11.8 Å². The monoisotopic (exact) mass is 283 g/mol. The Morgan fingerprint density at radius 1 is 1.43 bits per heavy atom. The molecule has 0 aliphatic heterocycles. The Balaban J connectivity index is 2.28. The van der Waals surface area contributed by atoms with Crippen LogP contribution in [0.3, 0.4) is 0 Å². The zero-order valence-corrected chi connectivity index (χ0v) is 11.1. The first-order chi connectivity index (χ1) is 6.41. The molecule has 1 fully saturated rings.